The molecule has 0 fully saturated rings. The maximum absolute atomic E-state index is 11.9. The van der Waals surface area contributed by atoms with Gasteiger partial charge in [-0.1, -0.05) is 27.7 Å². The summed E-state index contributed by atoms with van der Waals surface area (Å²) in [6, 6.07) is 6.91. The lowest BCUT2D eigenvalue weighted by molar-refractivity contribution is -0.124. The van der Waals surface area contributed by atoms with Crippen LogP contribution >= 0.6 is 0 Å². The molecule has 2 aromatic rings. The zero-order valence-electron chi connectivity index (χ0n) is 14.9. The van der Waals surface area contributed by atoms with Gasteiger partial charge < -0.3 is 14.5 Å². The molecular formula is C19H25NO4. The quantitative estimate of drug-likeness (QED) is 0.823. The van der Waals surface area contributed by atoms with Crippen molar-refractivity contribution >= 4 is 16.9 Å². The number of amides is 1. The zero-order valence-corrected chi connectivity index (χ0v) is 14.9. The zero-order chi connectivity index (χ0) is 17.9. The highest BCUT2D eigenvalue weighted by molar-refractivity contribution is 5.82. The Labute approximate surface area is 142 Å². The van der Waals surface area contributed by atoms with E-state index >= 15 is 0 Å². The van der Waals surface area contributed by atoms with Gasteiger partial charge in [-0.05, 0) is 36.5 Å². The van der Waals surface area contributed by atoms with Crippen molar-refractivity contribution < 1.29 is 13.9 Å². The molecule has 0 bridgehead atoms. The van der Waals surface area contributed by atoms with Gasteiger partial charge in [0, 0.05) is 23.6 Å². The van der Waals surface area contributed by atoms with E-state index in [-0.39, 0.29) is 30.1 Å². The summed E-state index contributed by atoms with van der Waals surface area (Å²) in [5.74, 6) is 0.901. The van der Waals surface area contributed by atoms with Gasteiger partial charge in [0.15, 0.2) is 6.61 Å². The van der Waals surface area contributed by atoms with Crippen LogP contribution in [0, 0.1) is 5.92 Å². The standard InChI is InChI=1S/C19H25NO4/c1-11(2)13(5)20-18(21)10-23-14-6-7-15-16(12(3)4)9-19(22)24-17(15)8-14/h6-9,11-13H,10H2,1-5H3,(H,20,21). The van der Waals surface area contributed by atoms with Crippen molar-refractivity contribution in [2.45, 2.75) is 46.6 Å². The van der Waals surface area contributed by atoms with Gasteiger partial charge in [-0.2, -0.15) is 0 Å². The van der Waals surface area contributed by atoms with Gasteiger partial charge in [-0.15, -0.1) is 0 Å². The number of fused-ring (bicyclic) bond motifs is 1. The molecule has 0 aliphatic carbocycles. The summed E-state index contributed by atoms with van der Waals surface area (Å²) in [4.78, 5) is 23.6. The van der Waals surface area contributed by atoms with E-state index in [4.69, 9.17) is 9.15 Å². The Morgan fingerprint density at radius 2 is 1.88 bits per heavy atom. The minimum Gasteiger partial charge on any atom is -0.484 e. The van der Waals surface area contributed by atoms with E-state index in [2.05, 4.69) is 5.32 Å². The molecule has 1 heterocycles. The maximum atomic E-state index is 11.9. The van der Waals surface area contributed by atoms with Crippen LogP contribution in [-0.4, -0.2) is 18.6 Å². The molecule has 0 saturated heterocycles. The second-order valence-corrected chi connectivity index (χ2v) is 6.72. The SMILES string of the molecule is CC(C)c1cc(=O)oc2cc(OCC(=O)NC(C)C(C)C)ccc12. The summed E-state index contributed by atoms with van der Waals surface area (Å²) >= 11 is 0. The summed E-state index contributed by atoms with van der Waals surface area (Å²) in [6.07, 6.45) is 0. The third kappa shape index (κ3) is 4.37. The fraction of sp³-hybridized carbons (Fsp3) is 0.474. The van der Waals surface area contributed by atoms with Crippen LogP contribution in [0.15, 0.2) is 33.5 Å². The predicted octanol–water partition coefficient (Wildman–Crippen LogP) is 3.46. The molecule has 2 rings (SSSR count). The second-order valence-electron chi connectivity index (χ2n) is 6.72. The molecule has 0 spiro atoms. The molecule has 5 nitrogen and oxygen atoms in total. The Kier molecular flexibility index (Phi) is 5.65. The Balaban J connectivity index is 2.14. The molecule has 24 heavy (non-hydrogen) atoms. The van der Waals surface area contributed by atoms with Gasteiger partial charge in [0.25, 0.3) is 5.91 Å². The molecule has 5 heteroatoms. The predicted molar refractivity (Wildman–Crippen MR) is 94.5 cm³/mol. The van der Waals surface area contributed by atoms with Gasteiger partial charge in [0.05, 0.1) is 0 Å². The van der Waals surface area contributed by atoms with Crippen LogP contribution in [0.3, 0.4) is 0 Å². The molecule has 130 valence electrons. The summed E-state index contributed by atoms with van der Waals surface area (Å²) < 4.78 is 10.8. The van der Waals surface area contributed by atoms with Gasteiger partial charge in [-0.3, -0.25) is 4.79 Å². The third-order valence-electron chi connectivity index (χ3n) is 4.13. The molecule has 1 unspecified atom stereocenters. The largest absolute Gasteiger partial charge is 0.484 e. The van der Waals surface area contributed by atoms with Crippen LogP contribution in [0.4, 0.5) is 0 Å². The van der Waals surface area contributed by atoms with E-state index < -0.39 is 0 Å². The fourth-order valence-electron chi connectivity index (χ4n) is 2.35. The average molecular weight is 331 g/mol. The molecule has 1 N–H and O–H groups in total. The number of nitrogens with one attached hydrogen (secondary N) is 1. The summed E-state index contributed by atoms with van der Waals surface area (Å²) in [5.41, 5.74) is 1.03. The van der Waals surface area contributed by atoms with Crippen molar-refractivity contribution in [3.63, 3.8) is 0 Å². The topological polar surface area (TPSA) is 68.5 Å². The van der Waals surface area contributed by atoms with Gasteiger partial charge in [0.1, 0.15) is 11.3 Å². The minimum atomic E-state index is -0.383. The van der Waals surface area contributed by atoms with E-state index in [1.165, 1.54) is 6.07 Å². The van der Waals surface area contributed by atoms with Crippen molar-refractivity contribution in [3.05, 3.63) is 40.2 Å². The lowest BCUT2D eigenvalue weighted by Gasteiger charge is -2.17. The molecule has 1 amide bonds. The van der Waals surface area contributed by atoms with Gasteiger partial charge in [-0.25, -0.2) is 4.79 Å². The number of carbonyl (C=O) groups is 1. The van der Waals surface area contributed by atoms with E-state index in [0.29, 0.717) is 17.3 Å². The smallest absolute Gasteiger partial charge is 0.336 e. The first-order chi connectivity index (χ1) is 11.3. The molecular weight excluding hydrogens is 306 g/mol. The van der Waals surface area contributed by atoms with Crippen LogP contribution in [0.25, 0.3) is 11.0 Å². The van der Waals surface area contributed by atoms with E-state index in [1.54, 1.807) is 12.1 Å². The number of hydrogen-bond donors (Lipinski definition) is 1. The third-order valence-corrected chi connectivity index (χ3v) is 4.13. The highest BCUT2D eigenvalue weighted by atomic mass is 16.5. The fourth-order valence-corrected chi connectivity index (χ4v) is 2.35. The number of rotatable bonds is 6. The van der Waals surface area contributed by atoms with Crippen molar-refractivity contribution in [1.29, 1.82) is 0 Å². The van der Waals surface area contributed by atoms with E-state index in [1.807, 2.05) is 40.7 Å². The summed E-state index contributed by atoms with van der Waals surface area (Å²) in [5, 5.41) is 3.77. The number of benzene rings is 1. The van der Waals surface area contributed by atoms with Crippen molar-refractivity contribution in [1.82, 2.24) is 5.32 Å². The van der Waals surface area contributed by atoms with Crippen LogP contribution < -0.4 is 15.7 Å². The lowest BCUT2D eigenvalue weighted by Crippen LogP contribution is -2.38. The van der Waals surface area contributed by atoms with Crippen molar-refractivity contribution in [2.75, 3.05) is 6.61 Å². The number of carbonyl (C=O) groups excluding carboxylic acids is 1. The summed E-state index contributed by atoms with van der Waals surface area (Å²) in [7, 11) is 0. The second kappa shape index (κ2) is 7.51. The molecule has 0 aliphatic heterocycles. The molecule has 1 aromatic carbocycles. The Morgan fingerprint density at radius 3 is 2.50 bits per heavy atom. The first-order valence-corrected chi connectivity index (χ1v) is 8.28. The number of ether oxygens (including phenoxy) is 1. The highest BCUT2D eigenvalue weighted by Gasteiger charge is 2.13. The molecule has 0 saturated carbocycles. The lowest BCUT2D eigenvalue weighted by atomic mass is 10.00. The average Bonchev–Trinajstić information content (AvgIpc) is 2.51. The van der Waals surface area contributed by atoms with Crippen molar-refractivity contribution in [2.24, 2.45) is 5.92 Å². The van der Waals surface area contributed by atoms with Gasteiger partial charge in [0.2, 0.25) is 0 Å². The van der Waals surface area contributed by atoms with Crippen molar-refractivity contribution in [3.8, 4) is 5.75 Å². The molecule has 0 aliphatic rings. The monoisotopic (exact) mass is 331 g/mol. The Bertz CT molecular complexity index is 777. The Hall–Kier alpha value is -2.30. The number of hydrogen-bond acceptors (Lipinski definition) is 4. The molecule has 0 radical (unpaired) electrons. The van der Waals surface area contributed by atoms with E-state index in [0.717, 1.165) is 10.9 Å². The summed E-state index contributed by atoms with van der Waals surface area (Å²) in [6.45, 7) is 10.0. The minimum absolute atomic E-state index is 0.0727. The van der Waals surface area contributed by atoms with E-state index in [9.17, 15) is 9.59 Å². The van der Waals surface area contributed by atoms with Crippen LogP contribution in [0.5, 0.6) is 5.75 Å². The molecule has 1 atom stereocenters. The highest BCUT2D eigenvalue weighted by Crippen LogP contribution is 2.26. The Morgan fingerprint density at radius 1 is 1.17 bits per heavy atom. The van der Waals surface area contributed by atoms with Gasteiger partial charge >= 0.3 is 5.63 Å². The van der Waals surface area contributed by atoms with Crippen LogP contribution in [0.1, 0.15) is 46.1 Å². The maximum Gasteiger partial charge on any atom is 0.336 e. The molecule has 1 aromatic heterocycles. The first kappa shape index (κ1) is 18.0. The first-order valence-electron chi connectivity index (χ1n) is 8.28. The normalized spacial score (nSPS) is 12.6. The van der Waals surface area contributed by atoms with Crippen LogP contribution in [0.2, 0.25) is 0 Å². The van der Waals surface area contributed by atoms with Crippen LogP contribution in [-0.2, 0) is 4.79 Å².